The smallest absolute Gasteiger partial charge is 0.320 e. The quantitative estimate of drug-likeness (QED) is 0.384. The molecule has 0 radical (unpaired) electrons. The van der Waals surface area contributed by atoms with Crippen molar-refractivity contribution in [2.24, 2.45) is 0 Å². The zero-order valence-corrected chi connectivity index (χ0v) is 23.5. The van der Waals surface area contributed by atoms with Crippen LogP contribution in [-0.2, 0) is 22.7 Å². The van der Waals surface area contributed by atoms with Crippen LogP contribution in [0.2, 0.25) is 0 Å². The number of fused-ring (bicyclic) bond motifs is 1. The van der Waals surface area contributed by atoms with Crippen LogP contribution in [0.3, 0.4) is 0 Å². The summed E-state index contributed by atoms with van der Waals surface area (Å²) in [4.78, 5) is 50.5. The number of hydrogen-bond donors (Lipinski definition) is 1. The molecule has 3 aromatic heterocycles. The van der Waals surface area contributed by atoms with E-state index in [-0.39, 0.29) is 17.2 Å². The van der Waals surface area contributed by atoms with Crippen molar-refractivity contribution in [3.8, 4) is 6.07 Å². The van der Waals surface area contributed by atoms with Crippen molar-refractivity contribution in [1.29, 1.82) is 5.26 Å². The number of amides is 4. The Balaban J connectivity index is 1.31. The van der Waals surface area contributed by atoms with E-state index in [1.54, 1.807) is 22.9 Å². The number of nitriles is 1. The molecule has 212 valence electrons. The molecule has 0 unspecified atom stereocenters. The predicted octanol–water partition coefficient (Wildman–Crippen LogP) is 2.69. The van der Waals surface area contributed by atoms with Crippen molar-refractivity contribution in [3.63, 3.8) is 0 Å². The van der Waals surface area contributed by atoms with E-state index in [1.807, 2.05) is 44.8 Å². The molecule has 1 aromatic carbocycles. The van der Waals surface area contributed by atoms with Crippen molar-refractivity contribution in [2.45, 2.75) is 32.0 Å². The molecule has 3 aliphatic heterocycles. The zero-order chi connectivity index (χ0) is 29.1. The number of nitrogens with zero attached hydrogens (tertiary/aromatic N) is 7. The van der Waals surface area contributed by atoms with Crippen LogP contribution in [-0.4, -0.2) is 86.3 Å². The van der Waals surface area contributed by atoms with Gasteiger partial charge in [-0.2, -0.15) is 5.26 Å². The molecule has 7 rings (SSSR count). The van der Waals surface area contributed by atoms with E-state index in [4.69, 9.17) is 0 Å². The molecule has 0 bridgehead atoms. The van der Waals surface area contributed by atoms with E-state index in [9.17, 15) is 19.6 Å². The molecule has 0 aliphatic carbocycles. The van der Waals surface area contributed by atoms with Gasteiger partial charge in [0.2, 0.25) is 0 Å². The van der Waals surface area contributed by atoms with Crippen molar-refractivity contribution >= 4 is 45.5 Å². The molecular formula is C31H30N8O3. The standard InChI is InChI=1S/C31H30N8O3/c1-35(2)21-6-9-36(10-7-21)31(42)38-12-11-37-18-23(22-14-19(15-32)13-20(17-38)28(22)37)26-27(30(41)34-29(26)40)24-16-33-25-5-3-4-8-39(24)25/h3-5,8,13-14,16,18,21H,6-7,9-12,17H2,1-2H3,(H,34,40,41). The first-order valence-corrected chi connectivity index (χ1v) is 14.1. The van der Waals surface area contributed by atoms with Crippen LogP contribution in [0, 0.1) is 11.3 Å². The van der Waals surface area contributed by atoms with Crippen molar-refractivity contribution in [1.82, 2.24) is 34.0 Å². The van der Waals surface area contributed by atoms with Gasteiger partial charge in [-0.05, 0) is 56.8 Å². The maximum absolute atomic E-state index is 13.6. The van der Waals surface area contributed by atoms with Crippen LogP contribution in [0.25, 0.3) is 27.7 Å². The van der Waals surface area contributed by atoms with Gasteiger partial charge >= 0.3 is 6.03 Å². The SMILES string of the molecule is CN(C)C1CCN(C(=O)N2CCn3cc(C4=C(c5cnc6ccccn56)C(=O)NC4=O)c4cc(C#N)cc(c43)C2)CC1. The Bertz CT molecular complexity index is 1870. The van der Waals surface area contributed by atoms with Crippen LogP contribution in [0.4, 0.5) is 4.79 Å². The Morgan fingerprint density at radius 1 is 1.05 bits per heavy atom. The van der Waals surface area contributed by atoms with Gasteiger partial charge in [0.15, 0.2) is 0 Å². The minimum Gasteiger partial charge on any atom is -0.345 e. The fraction of sp³-hybridized carbons (Fsp3) is 0.323. The Hall–Kier alpha value is -4.95. The summed E-state index contributed by atoms with van der Waals surface area (Å²) in [7, 11) is 4.16. The molecule has 3 aliphatic rings. The van der Waals surface area contributed by atoms with E-state index >= 15 is 0 Å². The van der Waals surface area contributed by atoms with E-state index in [2.05, 4.69) is 35.4 Å². The van der Waals surface area contributed by atoms with Crippen LogP contribution < -0.4 is 5.32 Å². The van der Waals surface area contributed by atoms with Gasteiger partial charge in [0, 0.05) is 62.1 Å². The summed E-state index contributed by atoms with van der Waals surface area (Å²) in [5.41, 5.74) is 4.40. The number of piperidine rings is 1. The second kappa shape index (κ2) is 9.85. The Labute approximate surface area is 242 Å². The van der Waals surface area contributed by atoms with Gasteiger partial charge in [-0.15, -0.1) is 0 Å². The van der Waals surface area contributed by atoms with Crippen LogP contribution >= 0.6 is 0 Å². The second-order valence-corrected chi connectivity index (χ2v) is 11.4. The number of likely N-dealkylation sites (tertiary alicyclic amines) is 1. The zero-order valence-electron chi connectivity index (χ0n) is 23.5. The average molecular weight is 563 g/mol. The number of carbonyl (C=O) groups is 3. The molecule has 0 saturated carbocycles. The Kier molecular flexibility index (Phi) is 6.09. The minimum absolute atomic E-state index is 0.00654. The maximum Gasteiger partial charge on any atom is 0.320 e. The van der Waals surface area contributed by atoms with Crippen molar-refractivity contribution < 1.29 is 14.4 Å². The third-order valence-electron chi connectivity index (χ3n) is 8.76. The molecule has 0 atom stereocenters. The molecule has 1 N–H and O–H groups in total. The highest BCUT2D eigenvalue weighted by Gasteiger charge is 2.37. The summed E-state index contributed by atoms with van der Waals surface area (Å²) >= 11 is 0. The van der Waals surface area contributed by atoms with Gasteiger partial charge in [0.1, 0.15) is 5.65 Å². The molecule has 4 aromatic rings. The fourth-order valence-corrected chi connectivity index (χ4v) is 6.61. The number of carbonyl (C=O) groups excluding carboxylic acids is 3. The number of nitrogens with one attached hydrogen (secondary N) is 1. The molecule has 1 saturated heterocycles. The summed E-state index contributed by atoms with van der Waals surface area (Å²) in [5, 5.41) is 13.1. The van der Waals surface area contributed by atoms with Gasteiger partial charge in [-0.3, -0.25) is 19.3 Å². The molecule has 4 amide bonds. The van der Waals surface area contributed by atoms with Crippen molar-refractivity contribution in [3.05, 3.63) is 71.3 Å². The molecule has 1 fully saturated rings. The first-order valence-electron chi connectivity index (χ1n) is 14.1. The topological polar surface area (TPSA) is 119 Å². The number of imidazole rings is 1. The van der Waals surface area contributed by atoms with Crippen molar-refractivity contribution in [2.75, 3.05) is 33.7 Å². The molecule has 11 heteroatoms. The number of hydrogen-bond acceptors (Lipinski definition) is 6. The van der Waals surface area contributed by atoms with Gasteiger partial charge in [0.25, 0.3) is 11.8 Å². The first-order chi connectivity index (χ1) is 20.3. The minimum atomic E-state index is -0.487. The number of benzene rings is 1. The largest absolute Gasteiger partial charge is 0.345 e. The number of rotatable bonds is 3. The summed E-state index contributed by atoms with van der Waals surface area (Å²) in [6, 6.07) is 11.9. The Morgan fingerprint density at radius 2 is 1.83 bits per heavy atom. The molecule has 6 heterocycles. The lowest BCUT2D eigenvalue weighted by Crippen LogP contribution is -2.49. The highest BCUT2D eigenvalue weighted by atomic mass is 16.2. The Morgan fingerprint density at radius 3 is 2.60 bits per heavy atom. The number of urea groups is 1. The second-order valence-electron chi connectivity index (χ2n) is 11.4. The van der Waals surface area contributed by atoms with Gasteiger partial charge in [-0.25, -0.2) is 9.78 Å². The van der Waals surface area contributed by atoms with E-state index in [0.29, 0.717) is 66.6 Å². The van der Waals surface area contributed by atoms with Gasteiger partial charge in [0.05, 0.1) is 40.2 Å². The third-order valence-corrected chi connectivity index (χ3v) is 8.76. The van der Waals surface area contributed by atoms with Crippen LogP contribution in [0.1, 0.15) is 35.2 Å². The van der Waals surface area contributed by atoms with E-state index < -0.39 is 11.8 Å². The summed E-state index contributed by atoms with van der Waals surface area (Å²) < 4.78 is 3.83. The first kappa shape index (κ1) is 26.0. The lowest BCUT2D eigenvalue weighted by atomic mass is 9.97. The maximum atomic E-state index is 13.6. The summed E-state index contributed by atoms with van der Waals surface area (Å²) in [6.07, 6.45) is 7.16. The van der Waals surface area contributed by atoms with Crippen LogP contribution in [0.15, 0.2) is 48.9 Å². The average Bonchev–Trinajstić information content (AvgIpc) is 3.62. The molecule has 0 spiro atoms. The predicted molar refractivity (Wildman–Crippen MR) is 156 cm³/mol. The monoisotopic (exact) mass is 562 g/mol. The van der Waals surface area contributed by atoms with Gasteiger partial charge < -0.3 is 19.3 Å². The lowest BCUT2D eigenvalue weighted by molar-refractivity contribution is -0.122. The molecular weight excluding hydrogens is 532 g/mol. The highest BCUT2D eigenvalue weighted by molar-refractivity contribution is 6.49. The third kappa shape index (κ3) is 4.06. The number of aromatic nitrogens is 3. The molecule has 42 heavy (non-hydrogen) atoms. The number of pyridine rings is 1. The highest BCUT2D eigenvalue weighted by Crippen LogP contribution is 2.38. The number of imide groups is 1. The van der Waals surface area contributed by atoms with E-state index in [0.717, 1.165) is 23.9 Å². The molecule has 11 nitrogen and oxygen atoms in total. The summed E-state index contributed by atoms with van der Waals surface area (Å²) in [5.74, 6) is -0.973. The van der Waals surface area contributed by atoms with Crippen LogP contribution in [0.5, 0.6) is 0 Å². The summed E-state index contributed by atoms with van der Waals surface area (Å²) in [6.45, 7) is 2.78. The lowest BCUT2D eigenvalue weighted by Gasteiger charge is -2.37. The van der Waals surface area contributed by atoms with Gasteiger partial charge in [-0.1, -0.05) is 6.07 Å². The normalized spacial score (nSPS) is 17.9. The fourth-order valence-electron chi connectivity index (χ4n) is 6.61. The van der Waals surface area contributed by atoms with E-state index in [1.165, 1.54) is 0 Å².